The largest absolute Gasteiger partial charge is 0.393 e. The van der Waals surface area contributed by atoms with Crippen molar-refractivity contribution in [2.75, 3.05) is 26.2 Å². The number of piperidine rings is 2. The molecule has 2 heterocycles. The van der Waals surface area contributed by atoms with Crippen LogP contribution in [0.4, 0.5) is 0 Å². The van der Waals surface area contributed by atoms with Crippen LogP contribution in [0.3, 0.4) is 0 Å². The number of rotatable bonds is 5. The molecule has 3 N–H and O–H groups in total. The Morgan fingerprint density at radius 2 is 1.88 bits per heavy atom. The highest BCUT2D eigenvalue weighted by atomic mass is 16.3. The Bertz CT molecular complexity index is 518. The molecule has 24 heavy (non-hydrogen) atoms. The van der Waals surface area contributed by atoms with Gasteiger partial charge in [0.05, 0.1) is 12.0 Å². The summed E-state index contributed by atoms with van der Waals surface area (Å²) in [7, 11) is 0. The van der Waals surface area contributed by atoms with E-state index in [1.54, 1.807) is 0 Å². The molecule has 0 saturated carbocycles. The van der Waals surface area contributed by atoms with Crippen molar-refractivity contribution in [3.05, 3.63) is 35.4 Å². The predicted molar refractivity (Wildman–Crippen MR) is 94.4 cm³/mol. The molecule has 0 spiro atoms. The summed E-state index contributed by atoms with van der Waals surface area (Å²) in [5.74, 6) is 0.283. The lowest BCUT2D eigenvalue weighted by Crippen LogP contribution is -2.40. The van der Waals surface area contributed by atoms with Crippen molar-refractivity contribution in [2.24, 2.45) is 5.92 Å². The molecule has 1 atom stereocenters. The smallest absolute Gasteiger partial charge is 0.224 e. The van der Waals surface area contributed by atoms with Crippen molar-refractivity contribution in [3.8, 4) is 0 Å². The first-order chi connectivity index (χ1) is 11.7. The number of hydrogen-bond donors (Lipinski definition) is 3. The summed E-state index contributed by atoms with van der Waals surface area (Å²) in [6.07, 6.45) is 3.70. The van der Waals surface area contributed by atoms with Gasteiger partial charge in [0.15, 0.2) is 0 Å². The van der Waals surface area contributed by atoms with Gasteiger partial charge in [0.2, 0.25) is 5.91 Å². The summed E-state index contributed by atoms with van der Waals surface area (Å²) in [5.41, 5.74) is 2.43. The Kier molecular flexibility index (Phi) is 6.24. The Morgan fingerprint density at radius 1 is 1.17 bits per heavy atom. The second-order valence-corrected chi connectivity index (χ2v) is 7.08. The number of aliphatic hydroxyl groups is 1. The highest BCUT2D eigenvalue weighted by Gasteiger charge is 2.20. The highest BCUT2D eigenvalue weighted by molar-refractivity contribution is 5.78. The maximum absolute atomic E-state index is 12.1. The molecular formula is C19H29N3O2. The number of nitrogens with one attached hydrogen (secondary N) is 2. The van der Waals surface area contributed by atoms with Gasteiger partial charge in [-0.25, -0.2) is 0 Å². The molecule has 3 rings (SSSR count). The Balaban J connectivity index is 1.43. The van der Waals surface area contributed by atoms with Crippen molar-refractivity contribution in [1.29, 1.82) is 0 Å². The maximum atomic E-state index is 12.1. The zero-order chi connectivity index (χ0) is 16.8. The summed E-state index contributed by atoms with van der Waals surface area (Å²) < 4.78 is 0. The molecule has 0 aromatic heterocycles. The van der Waals surface area contributed by atoms with Crippen molar-refractivity contribution in [3.63, 3.8) is 0 Å². The molecule has 0 radical (unpaired) electrons. The van der Waals surface area contributed by atoms with E-state index in [1.807, 2.05) is 0 Å². The normalized spacial score (nSPS) is 23.1. The van der Waals surface area contributed by atoms with Gasteiger partial charge in [0, 0.05) is 32.7 Å². The zero-order valence-corrected chi connectivity index (χ0v) is 14.3. The van der Waals surface area contributed by atoms with Gasteiger partial charge in [0.25, 0.3) is 0 Å². The third kappa shape index (κ3) is 5.03. The Morgan fingerprint density at radius 3 is 2.54 bits per heavy atom. The van der Waals surface area contributed by atoms with Crippen molar-refractivity contribution >= 4 is 5.91 Å². The minimum Gasteiger partial charge on any atom is -0.393 e. The number of amides is 1. The van der Waals surface area contributed by atoms with Crippen molar-refractivity contribution in [2.45, 2.75) is 44.9 Å². The van der Waals surface area contributed by atoms with Crippen LogP contribution in [-0.2, 0) is 17.9 Å². The van der Waals surface area contributed by atoms with Crippen molar-refractivity contribution < 1.29 is 9.90 Å². The molecule has 5 heteroatoms. The molecule has 2 aliphatic heterocycles. The molecule has 2 saturated heterocycles. The lowest BCUT2D eigenvalue weighted by Gasteiger charge is -2.29. The van der Waals surface area contributed by atoms with Gasteiger partial charge in [0.1, 0.15) is 0 Å². The number of likely N-dealkylation sites (tertiary alicyclic amines) is 1. The van der Waals surface area contributed by atoms with Crippen LogP contribution in [0.15, 0.2) is 24.3 Å². The summed E-state index contributed by atoms with van der Waals surface area (Å²) in [4.78, 5) is 14.5. The van der Waals surface area contributed by atoms with E-state index in [-0.39, 0.29) is 17.9 Å². The van der Waals surface area contributed by atoms with Gasteiger partial charge in [-0.05, 0) is 43.4 Å². The van der Waals surface area contributed by atoms with Crippen LogP contribution in [0.1, 0.15) is 36.8 Å². The van der Waals surface area contributed by atoms with Crippen LogP contribution in [0, 0.1) is 5.92 Å². The van der Waals surface area contributed by atoms with Gasteiger partial charge >= 0.3 is 0 Å². The topological polar surface area (TPSA) is 64.6 Å². The van der Waals surface area contributed by atoms with E-state index < -0.39 is 0 Å². The third-order valence-corrected chi connectivity index (χ3v) is 5.12. The first kappa shape index (κ1) is 17.4. The van der Waals surface area contributed by atoms with Crippen LogP contribution in [-0.4, -0.2) is 48.2 Å². The van der Waals surface area contributed by atoms with E-state index in [0.29, 0.717) is 6.54 Å². The lowest BCUT2D eigenvalue weighted by molar-refractivity contribution is -0.125. The summed E-state index contributed by atoms with van der Waals surface area (Å²) >= 11 is 0. The molecule has 0 aliphatic carbocycles. The van der Waals surface area contributed by atoms with E-state index in [9.17, 15) is 9.90 Å². The number of benzene rings is 1. The highest BCUT2D eigenvalue weighted by Crippen LogP contribution is 2.15. The zero-order valence-electron chi connectivity index (χ0n) is 14.3. The Hall–Kier alpha value is -1.43. The van der Waals surface area contributed by atoms with E-state index >= 15 is 0 Å². The van der Waals surface area contributed by atoms with Crippen LogP contribution in [0.5, 0.6) is 0 Å². The fourth-order valence-corrected chi connectivity index (χ4v) is 3.51. The molecule has 2 fully saturated rings. The Labute approximate surface area is 144 Å². The van der Waals surface area contributed by atoms with Crippen molar-refractivity contribution in [1.82, 2.24) is 15.5 Å². The number of carbonyl (C=O) groups excluding carboxylic acids is 1. The summed E-state index contributed by atoms with van der Waals surface area (Å²) in [6, 6.07) is 8.50. The third-order valence-electron chi connectivity index (χ3n) is 5.12. The quantitative estimate of drug-likeness (QED) is 0.760. The molecule has 1 aromatic rings. The van der Waals surface area contributed by atoms with Gasteiger partial charge < -0.3 is 15.7 Å². The standard InChI is InChI=1S/C19H29N3O2/c23-18-7-10-22(11-8-18)14-16-5-3-15(4-6-16)12-21-19(24)17-2-1-9-20-13-17/h3-6,17-18,20,23H,1-2,7-14H2,(H,21,24). The van der Waals surface area contributed by atoms with Gasteiger partial charge in [-0.2, -0.15) is 0 Å². The van der Waals surface area contributed by atoms with Gasteiger partial charge in [-0.3, -0.25) is 9.69 Å². The monoisotopic (exact) mass is 331 g/mol. The SMILES string of the molecule is O=C(NCc1ccc(CN2CCC(O)CC2)cc1)C1CCCNC1. The maximum Gasteiger partial charge on any atom is 0.224 e. The average molecular weight is 331 g/mol. The minimum absolute atomic E-state index is 0.118. The second-order valence-electron chi connectivity index (χ2n) is 7.08. The predicted octanol–water partition coefficient (Wildman–Crippen LogP) is 1.26. The van der Waals surface area contributed by atoms with Crippen LogP contribution >= 0.6 is 0 Å². The van der Waals surface area contributed by atoms with Crippen LogP contribution < -0.4 is 10.6 Å². The fraction of sp³-hybridized carbons (Fsp3) is 0.632. The summed E-state index contributed by atoms with van der Waals surface area (Å²) in [6.45, 7) is 5.30. The summed E-state index contributed by atoms with van der Waals surface area (Å²) in [5, 5.41) is 15.9. The van der Waals surface area contributed by atoms with E-state index in [1.165, 1.54) is 5.56 Å². The first-order valence-corrected chi connectivity index (χ1v) is 9.17. The van der Waals surface area contributed by atoms with Gasteiger partial charge in [-0.15, -0.1) is 0 Å². The number of hydrogen-bond acceptors (Lipinski definition) is 4. The molecule has 1 unspecified atom stereocenters. The van der Waals surface area contributed by atoms with E-state index in [0.717, 1.165) is 64.0 Å². The molecular weight excluding hydrogens is 302 g/mol. The number of carbonyl (C=O) groups is 1. The van der Waals surface area contributed by atoms with Crippen LogP contribution in [0.2, 0.25) is 0 Å². The molecule has 1 amide bonds. The number of aliphatic hydroxyl groups excluding tert-OH is 1. The molecule has 5 nitrogen and oxygen atoms in total. The molecule has 1 aromatic carbocycles. The van der Waals surface area contributed by atoms with E-state index in [2.05, 4.69) is 39.8 Å². The second kappa shape index (κ2) is 8.60. The van der Waals surface area contributed by atoms with E-state index in [4.69, 9.17) is 0 Å². The van der Waals surface area contributed by atoms with Crippen LogP contribution in [0.25, 0.3) is 0 Å². The molecule has 0 bridgehead atoms. The first-order valence-electron chi connectivity index (χ1n) is 9.17. The molecule has 2 aliphatic rings. The molecule has 132 valence electrons. The average Bonchev–Trinajstić information content (AvgIpc) is 2.63. The van der Waals surface area contributed by atoms with Gasteiger partial charge in [-0.1, -0.05) is 24.3 Å². The lowest BCUT2D eigenvalue weighted by atomic mass is 9.99. The number of nitrogens with zero attached hydrogens (tertiary/aromatic N) is 1. The minimum atomic E-state index is -0.119. The fourth-order valence-electron chi connectivity index (χ4n) is 3.51.